The molecule has 0 aromatic carbocycles. The van der Waals surface area contributed by atoms with Crippen LogP contribution in [0.1, 0.15) is 30.6 Å². The molecule has 2 rings (SSSR count). The Morgan fingerprint density at radius 2 is 2.42 bits per heavy atom. The zero-order valence-electron chi connectivity index (χ0n) is 6.91. The summed E-state index contributed by atoms with van der Waals surface area (Å²) >= 11 is 0. The van der Waals surface area contributed by atoms with Crippen LogP contribution in [0, 0.1) is 6.92 Å². The van der Waals surface area contributed by atoms with E-state index in [1.165, 1.54) is 6.42 Å². The molecule has 1 atom stereocenters. The summed E-state index contributed by atoms with van der Waals surface area (Å²) in [6.07, 6.45) is 2.31. The summed E-state index contributed by atoms with van der Waals surface area (Å²) < 4.78 is 5.02. The summed E-state index contributed by atoms with van der Waals surface area (Å²) in [5.74, 6) is 1.45. The van der Waals surface area contributed by atoms with Crippen molar-refractivity contribution in [3.63, 3.8) is 0 Å². The van der Waals surface area contributed by atoms with E-state index in [4.69, 9.17) is 4.52 Å². The topological polar surface area (TPSA) is 51.0 Å². The molecule has 1 saturated heterocycles. The van der Waals surface area contributed by atoms with Crippen molar-refractivity contribution < 1.29 is 4.52 Å². The molecule has 1 aromatic heterocycles. The second-order valence-corrected chi connectivity index (χ2v) is 2.83. The molecule has 0 saturated carbocycles. The summed E-state index contributed by atoms with van der Waals surface area (Å²) in [7, 11) is 0. The highest BCUT2D eigenvalue weighted by Crippen LogP contribution is 2.20. The maximum absolute atomic E-state index is 5.02. The highest BCUT2D eigenvalue weighted by Gasteiger charge is 2.21. The Balaban J connectivity index is 0.000000720. The first-order valence-corrected chi connectivity index (χ1v) is 3.90. The number of nitrogens with one attached hydrogen (secondary N) is 1. The van der Waals surface area contributed by atoms with Crippen molar-refractivity contribution in [1.82, 2.24) is 15.5 Å². The molecule has 1 aromatic rings. The summed E-state index contributed by atoms with van der Waals surface area (Å²) in [5.41, 5.74) is 0. The van der Waals surface area contributed by atoms with Gasteiger partial charge in [-0.25, -0.2) is 0 Å². The third-order valence-corrected chi connectivity index (χ3v) is 1.90. The quantitative estimate of drug-likeness (QED) is 0.722. The van der Waals surface area contributed by atoms with Crippen LogP contribution in [0.25, 0.3) is 0 Å². The van der Waals surface area contributed by atoms with Crippen molar-refractivity contribution in [3.8, 4) is 0 Å². The Morgan fingerprint density at radius 1 is 1.58 bits per heavy atom. The van der Waals surface area contributed by atoms with Gasteiger partial charge in [-0.1, -0.05) is 5.16 Å². The van der Waals surface area contributed by atoms with E-state index in [-0.39, 0.29) is 12.4 Å². The number of hydrogen-bond donors (Lipinski definition) is 1. The highest BCUT2D eigenvalue weighted by atomic mass is 35.5. The Hall–Kier alpha value is -0.610. The fourth-order valence-electron chi connectivity index (χ4n) is 1.35. The zero-order valence-corrected chi connectivity index (χ0v) is 7.73. The standard InChI is InChI=1S/C7H11N3O.ClH/c1-5-9-7(11-10-5)6-3-2-4-8-6;/h6,8H,2-4H2,1H3;1H/t6-;/m1./s1. The molecule has 2 heterocycles. The van der Waals surface area contributed by atoms with Crippen molar-refractivity contribution in [2.24, 2.45) is 0 Å². The minimum Gasteiger partial charge on any atom is -0.338 e. The zero-order chi connectivity index (χ0) is 7.68. The van der Waals surface area contributed by atoms with Gasteiger partial charge in [-0.05, 0) is 26.3 Å². The number of aryl methyl sites for hydroxylation is 1. The van der Waals surface area contributed by atoms with Gasteiger partial charge in [0.2, 0.25) is 5.89 Å². The molecule has 1 N–H and O–H groups in total. The van der Waals surface area contributed by atoms with Gasteiger partial charge in [0.05, 0.1) is 6.04 Å². The fraction of sp³-hybridized carbons (Fsp3) is 0.714. The van der Waals surface area contributed by atoms with Crippen LogP contribution >= 0.6 is 12.4 Å². The van der Waals surface area contributed by atoms with Crippen molar-refractivity contribution in [2.75, 3.05) is 6.54 Å². The summed E-state index contributed by atoms with van der Waals surface area (Å²) in [6, 6.07) is 0.302. The minimum atomic E-state index is 0. The monoisotopic (exact) mass is 189 g/mol. The van der Waals surface area contributed by atoms with Crippen LogP contribution in [0.2, 0.25) is 0 Å². The van der Waals surface area contributed by atoms with Gasteiger partial charge in [0.15, 0.2) is 5.82 Å². The van der Waals surface area contributed by atoms with E-state index in [9.17, 15) is 0 Å². The number of rotatable bonds is 1. The molecular weight excluding hydrogens is 178 g/mol. The van der Waals surface area contributed by atoms with Crippen LogP contribution in [0.5, 0.6) is 0 Å². The van der Waals surface area contributed by atoms with E-state index in [1.807, 2.05) is 6.92 Å². The number of aromatic nitrogens is 2. The molecule has 4 nitrogen and oxygen atoms in total. The van der Waals surface area contributed by atoms with Gasteiger partial charge in [0, 0.05) is 0 Å². The summed E-state index contributed by atoms with van der Waals surface area (Å²) in [5, 5.41) is 7.03. The van der Waals surface area contributed by atoms with Crippen molar-refractivity contribution in [1.29, 1.82) is 0 Å². The molecule has 0 bridgehead atoms. The molecule has 1 aliphatic rings. The summed E-state index contributed by atoms with van der Waals surface area (Å²) in [6.45, 7) is 2.90. The molecule has 5 heteroatoms. The van der Waals surface area contributed by atoms with E-state index in [0.717, 1.165) is 18.9 Å². The van der Waals surface area contributed by atoms with Crippen LogP contribution in [0.4, 0.5) is 0 Å². The molecule has 12 heavy (non-hydrogen) atoms. The maximum atomic E-state index is 5.02. The van der Waals surface area contributed by atoms with Crippen molar-refractivity contribution in [2.45, 2.75) is 25.8 Å². The molecular formula is C7H12ClN3O. The second-order valence-electron chi connectivity index (χ2n) is 2.83. The summed E-state index contributed by atoms with van der Waals surface area (Å²) in [4.78, 5) is 4.15. The predicted molar refractivity (Wildman–Crippen MR) is 46.3 cm³/mol. The van der Waals surface area contributed by atoms with Crippen molar-refractivity contribution in [3.05, 3.63) is 11.7 Å². The highest BCUT2D eigenvalue weighted by molar-refractivity contribution is 5.85. The second kappa shape index (κ2) is 3.87. The van der Waals surface area contributed by atoms with E-state index in [0.29, 0.717) is 11.9 Å². The third kappa shape index (κ3) is 1.76. The molecule has 68 valence electrons. The van der Waals surface area contributed by atoms with Crippen molar-refractivity contribution >= 4 is 12.4 Å². The van der Waals surface area contributed by atoms with Gasteiger partial charge in [0.25, 0.3) is 0 Å². The Bertz CT molecular complexity index is 245. The van der Waals surface area contributed by atoms with Gasteiger partial charge in [0.1, 0.15) is 0 Å². The van der Waals surface area contributed by atoms with Gasteiger partial charge < -0.3 is 9.84 Å². The first-order chi connectivity index (χ1) is 5.36. The normalized spacial score (nSPS) is 22.2. The molecule has 1 aliphatic heterocycles. The minimum absolute atomic E-state index is 0. The van der Waals surface area contributed by atoms with E-state index >= 15 is 0 Å². The lowest BCUT2D eigenvalue weighted by Crippen LogP contribution is -2.12. The van der Waals surface area contributed by atoms with E-state index < -0.39 is 0 Å². The lowest BCUT2D eigenvalue weighted by atomic mass is 10.2. The third-order valence-electron chi connectivity index (χ3n) is 1.90. The Labute approximate surface area is 77.1 Å². The maximum Gasteiger partial charge on any atom is 0.243 e. The fourth-order valence-corrected chi connectivity index (χ4v) is 1.35. The Morgan fingerprint density at radius 3 is 2.92 bits per heavy atom. The average Bonchev–Trinajstić information content (AvgIpc) is 2.55. The van der Waals surface area contributed by atoms with Crippen LogP contribution in [-0.4, -0.2) is 16.7 Å². The van der Waals surface area contributed by atoms with E-state index in [1.54, 1.807) is 0 Å². The van der Waals surface area contributed by atoms with Gasteiger partial charge in [-0.3, -0.25) is 0 Å². The van der Waals surface area contributed by atoms with Gasteiger partial charge in [-0.2, -0.15) is 4.98 Å². The predicted octanol–water partition coefficient (Wildman–Crippen LogP) is 1.22. The molecule has 1 fully saturated rings. The molecule has 0 unspecified atom stereocenters. The van der Waals surface area contributed by atoms with E-state index in [2.05, 4.69) is 15.5 Å². The molecule has 0 amide bonds. The number of hydrogen-bond acceptors (Lipinski definition) is 4. The SMILES string of the molecule is Cc1noc([C@H]2CCCN2)n1.Cl. The lowest BCUT2D eigenvalue weighted by molar-refractivity contribution is 0.342. The van der Waals surface area contributed by atoms with Gasteiger partial charge >= 0.3 is 0 Å². The number of nitrogens with zero attached hydrogens (tertiary/aromatic N) is 2. The van der Waals surface area contributed by atoms with Crippen LogP contribution in [0.3, 0.4) is 0 Å². The van der Waals surface area contributed by atoms with Crippen LogP contribution in [-0.2, 0) is 0 Å². The van der Waals surface area contributed by atoms with Crippen LogP contribution in [0.15, 0.2) is 4.52 Å². The largest absolute Gasteiger partial charge is 0.338 e. The smallest absolute Gasteiger partial charge is 0.243 e. The lowest BCUT2D eigenvalue weighted by Gasteiger charge is -2.00. The first kappa shape index (κ1) is 9.48. The van der Waals surface area contributed by atoms with Gasteiger partial charge in [-0.15, -0.1) is 12.4 Å². The Kier molecular flexibility index (Phi) is 3.05. The molecule has 0 spiro atoms. The molecule has 0 radical (unpaired) electrons. The number of halogens is 1. The molecule has 0 aliphatic carbocycles. The van der Waals surface area contributed by atoms with Crippen LogP contribution < -0.4 is 5.32 Å². The first-order valence-electron chi connectivity index (χ1n) is 3.90. The average molecular weight is 190 g/mol.